The molecule has 1 aromatic heterocycles. The number of likely N-dealkylation sites (tertiary alicyclic amines) is 1. The number of ether oxygens (including phenoxy) is 1. The summed E-state index contributed by atoms with van der Waals surface area (Å²) in [5.74, 6) is 0.848. The first-order valence-electron chi connectivity index (χ1n) is 8.25. The average molecular weight is 288 g/mol. The fourth-order valence-electron chi connectivity index (χ4n) is 4.17. The fraction of sp³-hybridized carbons (Fsp3) is 0.750. The van der Waals surface area contributed by atoms with Crippen LogP contribution in [0.1, 0.15) is 32.1 Å². The highest BCUT2D eigenvalue weighted by Crippen LogP contribution is 2.37. The first-order valence-corrected chi connectivity index (χ1v) is 8.25. The number of hydrogen-bond acceptors (Lipinski definition) is 5. The van der Waals surface area contributed by atoms with Gasteiger partial charge in [-0.15, -0.1) is 0 Å². The van der Waals surface area contributed by atoms with Crippen LogP contribution in [0.5, 0.6) is 0 Å². The van der Waals surface area contributed by atoms with Crippen molar-refractivity contribution in [1.29, 1.82) is 0 Å². The van der Waals surface area contributed by atoms with Crippen LogP contribution in [0, 0.1) is 0 Å². The van der Waals surface area contributed by atoms with Gasteiger partial charge in [0.05, 0.1) is 5.60 Å². The van der Waals surface area contributed by atoms with Crippen molar-refractivity contribution < 1.29 is 4.74 Å². The SMILES string of the molecule is c1cnc(N2CC[C@@]3(C[C@H](N4CCCC4)CCO3)C2)nc1. The van der Waals surface area contributed by atoms with E-state index in [2.05, 4.69) is 19.8 Å². The smallest absolute Gasteiger partial charge is 0.225 e. The summed E-state index contributed by atoms with van der Waals surface area (Å²) in [5.41, 5.74) is 0.0324. The molecule has 3 aliphatic rings. The molecule has 3 aliphatic heterocycles. The van der Waals surface area contributed by atoms with E-state index < -0.39 is 0 Å². The molecule has 3 fully saturated rings. The van der Waals surface area contributed by atoms with Gasteiger partial charge >= 0.3 is 0 Å². The molecule has 5 heteroatoms. The highest BCUT2D eigenvalue weighted by molar-refractivity contribution is 5.32. The Hall–Kier alpha value is -1.20. The Balaban J connectivity index is 1.45. The number of nitrogens with zero attached hydrogens (tertiary/aromatic N) is 4. The number of rotatable bonds is 2. The van der Waals surface area contributed by atoms with E-state index >= 15 is 0 Å². The van der Waals surface area contributed by atoms with E-state index in [0.717, 1.165) is 38.1 Å². The van der Waals surface area contributed by atoms with Gasteiger partial charge in [-0.2, -0.15) is 0 Å². The van der Waals surface area contributed by atoms with Crippen LogP contribution in [0.3, 0.4) is 0 Å². The van der Waals surface area contributed by atoms with Crippen molar-refractivity contribution in [3.8, 4) is 0 Å². The summed E-state index contributed by atoms with van der Waals surface area (Å²) in [4.78, 5) is 13.7. The second-order valence-electron chi connectivity index (χ2n) is 6.64. The quantitative estimate of drug-likeness (QED) is 0.828. The molecular formula is C16H24N4O. The molecule has 0 amide bonds. The Morgan fingerprint density at radius 2 is 1.95 bits per heavy atom. The summed E-state index contributed by atoms with van der Waals surface area (Å²) >= 11 is 0. The number of anilines is 1. The molecule has 1 aromatic rings. The van der Waals surface area contributed by atoms with Crippen LogP contribution >= 0.6 is 0 Å². The zero-order valence-corrected chi connectivity index (χ0v) is 12.6. The topological polar surface area (TPSA) is 41.5 Å². The highest BCUT2D eigenvalue weighted by atomic mass is 16.5. The summed E-state index contributed by atoms with van der Waals surface area (Å²) in [7, 11) is 0. The minimum atomic E-state index is 0.0324. The molecule has 4 heterocycles. The molecule has 3 saturated heterocycles. The van der Waals surface area contributed by atoms with Crippen molar-refractivity contribution in [1.82, 2.24) is 14.9 Å². The highest BCUT2D eigenvalue weighted by Gasteiger charge is 2.45. The normalized spacial score (nSPS) is 33.9. The van der Waals surface area contributed by atoms with Gasteiger partial charge in [-0.25, -0.2) is 9.97 Å². The molecule has 0 bridgehead atoms. The van der Waals surface area contributed by atoms with E-state index in [0.29, 0.717) is 0 Å². The van der Waals surface area contributed by atoms with Gasteiger partial charge in [-0.05, 0) is 51.3 Å². The average Bonchev–Trinajstić information content (AvgIpc) is 3.19. The molecule has 1 spiro atoms. The van der Waals surface area contributed by atoms with E-state index in [9.17, 15) is 0 Å². The van der Waals surface area contributed by atoms with Gasteiger partial charge in [0.15, 0.2) is 0 Å². The van der Waals surface area contributed by atoms with E-state index in [4.69, 9.17) is 4.74 Å². The number of aromatic nitrogens is 2. The van der Waals surface area contributed by atoms with Crippen LogP contribution < -0.4 is 4.90 Å². The molecule has 5 nitrogen and oxygen atoms in total. The molecule has 0 radical (unpaired) electrons. The van der Waals surface area contributed by atoms with E-state index in [1.54, 1.807) is 0 Å². The summed E-state index contributed by atoms with van der Waals surface area (Å²) in [5, 5.41) is 0. The van der Waals surface area contributed by atoms with Crippen molar-refractivity contribution in [2.24, 2.45) is 0 Å². The van der Waals surface area contributed by atoms with E-state index in [1.165, 1.54) is 38.8 Å². The first kappa shape index (κ1) is 13.5. The Morgan fingerprint density at radius 1 is 1.14 bits per heavy atom. The minimum absolute atomic E-state index is 0.0324. The maximum atomic E-state index is 6.24. The van der Waals surface area contributed by atoms with E-state index in [-0.39, 0.29) is 5.60 Å². The van der Waals surface area contributed by atoms with E-state index in [1.807, 2.05) is 18.5 Å². The molecule has 2 atom stereocenters. The monoisotopic (exact) mass is 288 g/mol. The fourth-order valence-corrected chi connectivity index (χ4v) is 4.17. The maximum Gasteiger partial charge on any atom is 0.225 e. The molecular weight excluding hydrogens is 264 g/mol. The van der Waals surface area contributed by atoms with Crippen LogP contribution in [0.15, 0.2) is 18.5 Å². The lowest BCUT2D eigenvalue weighted by Gasteiger charge is -2.41. The largest absolute Gasteiger partial charge is 0.373 e. The van der Waals surface area contributed by atoms with Crippen LogP contribution in [-0.4, -0.2) is 59.3 Å². The van der Waals surface area contributed by atoms with Gasteiger partial charge < -0.3 is 14.5 Å². The molecule has 0 N–H and O–H groups in total. The summed E-state index contributed by atoms with van der Waals surface area (Å²) in [6, 6.07) is 2.59. The lowest BCUT2D eigenvalue weighted by Crippen LogP contribution is -2.49. The standard InChI is InChI=1S/C16H24N4O/c1-2-9-19(8-1)14-4-11-21-16(12-14)5-10-20(13-16)15-17-6-3-7-18-15/h3,6-7,14H,1-2,4-5,8-13H2/t14-,16-/m1/s1. The maximum absolute atomic E-state index is 6.24. The molecule has 0 saturated carbocycles. The third-order valence-electron chi connectivity index (χ3n) is 5.28. The van der Waals surface area contributed by atoms with Gasteiger partial charge in [-0.1, -0.05) is 0 Å². The first-order chi connectivity index (χ1) is 10.3. The molecule has 0 aliphatic carbocycles. The molecule has 4 rings (SSSR count). The van der Waals surface area contributed by atoms with Gasteiger partial charge in [0.25, 0.3) is 0 Å². The van der Waals surface area contributed by atoms with Gasteiger partial charge in [0.2, 0.25) is 5.95 Å². The van der Waals surface area contributed by atoms with Crippen LogP contribution in [0.25, 0.3) is 0 Å². The lowest BCUT2D eigenvalue weighted by molar-refractivity contribution is -0.0897. The zero-order valence-electron chi connectivity index (χ0n) is 12.6. The van der Waals surface area contributed by atoms with Crippen molar-refractivity contribution in [3.63, 3.8) is 0 Å². The van der Waals surface area contributed by atoms with Crippen molar-refractivity contribution >= 4 is 5.95 Å². The third kappa shape index (κ3) is 2.64. The number of hydrogen-bond donors (Lipinski definition) is 0. The predicted octanol–water partition coefficient (Wildman–Crippen LogP) is 1.70. The summed E-state index contributed by atoms with van der Waals surface area (Å²) < 4.78 is 6.24. The molecule has 0 aromatic carbocycles. The van der Waals surface area contributed by atoms with Crippen molar-refractivity contribution in [2.45, 2.75) is 43.7 Å². The van der Waals surface area contributed by atoms with Crippen molar-refractivity contribution in [2.75, 3.05) is 37.7 Å². The van der Waals surface area contributed by atoms with Crippen LogP contribution in [0.2, 0.25) is 0 Å². The zero-order chi connectivity index (χ0) is 14.1. The van der Waals surface area contributed by atoms with Gasteiger partial charge in [0, 0.05) is 38.1 Å². The van der Waals surface area contributed by atoms with Crippen molar-refractivity contribution in [3.05, 3.63) is 18.5 Å². The van der Waals surface area contributed by atoms with Crippen LogP contribution in [0.4, 0.5) is 5.95 Å². The Bertz CT molecular complexity index is 476. The van der Waals surface area contributed by atoms with Gasteiger partial charge in [0.1, 0.15) is 0 Å². The Labute approximate surface area is 126 Å². The van der Waals surface area contributed by atoms with Crippen LogP contribution in [-0.2, 0) is 4.74 Å². The molecule has 21 heavy (non-hydrogen) atoms. The molecule has 114 valence electrons. The Kier molecular flexibility index (Phi) is 3.55. The minimum Gasteiger partial charge on any atom is -0.373 e. The summed E-state index contributed by atoms with van der Waals surface area (Å²) in [6.07, 6.45) is 9.86. The predicted molar refractivity (Wildman–Crippen MR) is 81.4 cm³/mol. The lowest BCUT2D eigenvalue weighted by atomic mass is 9.89. The Morgan fingerprint density at radius 3 is 2.76 bits per heavy atom. The second kappa shape index (κ2) is 5.54. The second-order valence-corrected chi connectivity index (χ2v) is 6.64. The summed E-state index contributed by atoms with van der Waals surface area (Å²) in [6.45, 7) is 5.43. The molecule has 0 unspecified atom stereocenters. The van der Waals surface area contributed by atoms with Gasteiger partial charge in [-0.3, -0.25) is 0 Å². The third-order valence-corrected chi connectivity index (χ3v) is 5.28.